The highest BCUT2D eigenvalue weighted by atomic mass is 32.2. The van der Waals surface area contributed by atoms with Crippen LogP contribution in [0.4, 0.5) is 0 Å². The molecule has 1 aromatic carbocycles. The van der Waals surface area contributed by atoms with Crippen molar-refractivity contribution in [2.24, 2.45) is 0 Å². The molecular formula is C10H16BNO4S. The van der Waals surface area contributed by atoms with Gasteiger partial charge in [-0.25, -0.2) is 8.42 Å². The molecule has 0 aliphatic rings. The quantitative estimate of drug-likeness (QED) is 0.690. The molecule has 0 saturated carbocycles. The van der Waals surface area contributed by atoms with Crippen LogP contribution in [0, 0.1) is 0 Å². The molecule has 0 amide bonds. The van der Waals surface area contributed by atoms with E-state index in [1.54, 1.807) is 13.8 Å². The molecule has 0 spiro atoms. The van der Waals surface area contributed by atoms with Crippen molar-refractivity contribution in [3.8, 4) is 0 Å². The van der Waals surface area contributed by atoms with E-state index in [-0.39, 0.29) is 10.4 Å². The maximum absolute atomic E-state index is 12.1. The topological polar surface area (TPSA) is 77.8 Å². The Morgan fingerprint density at radius 3 is 2.29 bits per heavy atom. The summed E-state index contributed by atoms with van der Waals surface area (Å²) in [5, 5.41) is 18.0. The maximum atomic E-state index is 12.1. The van der Waals surface area contributed by atoms with E-state index in [1.807, 2.05) is 0 Å². The zero-order chi connectivity index (χ0) is 13.1. The van der Waals surface area contributed by atoms with Crippen molar-refractivity contribution in [2.45, 2.75) is 18.7 Å². The molecule has 1 rings (SSSR count). The van der Waals surface area contributed by atoms with Gasteiger partial charge in [-0.05, 0) is 17.6 Å². The summed E-state index contributed by atoms with van der Waals surface area (Å²) in [7, 11) is -5.21. The van der Waals surface area contributed by atoms with E-state index in [0.29, 0.717) is 13.1 Å². The van der Waals surface area contributed by atoms with Crippen LogP contribution in [0.5, 0.6) is 0 Å². The van der Waals surface area contributed by atoms with Crippen molar-refractivity contribution in [1.29, 1.82) is 0 Å². The van der Waals surface area contributed by atoms with E-state index in [9.17, 15) is 8.42 Å². The second-order valence-corrected chi connectivity index (χ2v) is 5.47. The predicted octanol–water partition coefficient (Wildman–Crippen LogP) is -0.603. The Morgan fingerprint density at radius 2 is 1.82 bits per heavy atom. The summed E-state index contributed by atoms with van der Waals surface area (Å²) in [6, 6.07) is 5.68. The number of nitrogens with zero attached hydrogens (tertiary/aromatic N) is 1. The minimum absolute atomic E-state index is 0.0757. The molecule has 0 radical (unpaired) electrons. The van der Waals surface area contributed by atoms with Crippen molar-refractivity contribution < 1.29 is 18.5 Å². The zero-order valence-electron chi connectivity index (χ0n) is 9.87. The molecule has 0 heterocycles. The van der Waals surface area contributed by atoms with Crippen LogP contribution in [-0.4, -0.2) is 43.0 Å². The lowest BCUT2D eigenvalue weighted by Gasteiger charge is -2.18. The first-order valence-electron chi connectivity index (χ1n) is 5.39. The molecule has 0 atom stereocenters. The SMILES string of the molecule is CCN(CC)S(=O)(=O)c1cccc(B(O)O)c1. The summed E-state index contributed by atoms with van der Waals surface area (Å²) >= 11 is 0. The van der Waals surface area contributed by atoms with Crippen LogP contribution in [0.15, 0.2) is 29.2 Å². The Morgan fingerprint density at radius 1 is 1.24 bits per heavy atom. The molecule has 1 aromatic rings. The lowest BCUT2D eigenvalue weighted by atomic mass is 9.80. The van der Waals surface area contributed by atoms with Crippen LogP contribution in [-0.2, 0) is 10.0 Å². The van der Waals surface area contributed by atoms with Crippen LogP contribution >= 0.6 is 0 Å². The Balaban J connectivity index is 3.19. The summed E-state index contributed by atoms with van der Waals surface area (Å²) in [5.74, 6) is 0. The minimum atomic E-state index is -3.55. The predicted molar refractivity (Wildman–Crippen MR) is 66.4 cm³/mol. The van der Waals surface area contributed by atoms with Gasteiger partial charge in [0.2, 0.25) is 10.0 Å². The second-order valence-electron chi connectivity index (χ2n) is 3.54. The molecule has 0 aliphatic heterocycles. The van der Waals surface area contributed by atoms with Gasteiger partial charge in [0, 0.05) is 13.1 Å². The van der Waals surface area contributed by atoms with Crippen LogP contribution in [0.3, 0.4) is 0 Å². The van der Waals surface area contributed by atoms with Crippen LogP contribution in [0.1, 0.15) is 13.8 Å². The highest BCUT2D eigenvalue weighted by Gasteiger charge is 2.23. The van der Waals surface area contributed by atoms with Gasteiger partial charge >= 0.3 is 7.12 Å². The number of sulfonamides is 1. The van der Waals surface area contributed by atoms with Gasteiger partial charge < -0.3 is 10.0 Å². The normalized spacial score (nSPS) is 11.8. The van der Waals surface area contributed by atoms with E-state index >= 15 is 0 Å². The smallest absolute Gasteiger partial charge is 0.423 e. The van der Waals surface area contributed by atoms with Crippen LogP contribution in [0.25, 0.3) is 0 Å². The van der Waals surface area contributed by atoms with Gasteiger partial charge in [-0.1, -0.05) is 26.0 Å². The van der Waals surface area contributed by atoms with E-state index in [2.05, 4.69) is 0 Å². The molecule has 5 nitrogen and oxygen atoms in total. The first-order chi connectivity index (χ1) is 7.93. The zero-order valence-corrected chi connectivity index (χ0v) is 10.7. The third kappa shape index (κ3) is 3.07. The first-order valence-corrected chi connectivity index (χ1v) is 6.83. The van der Waals surface area contributed by atoms with Gasteiger partial charge in [0.25, 0.3) is 0 Å². The fourth-order valence-electron chi connectivity index (χ4n) is 1.55. The molecule has 0 saturated heterocycles. The molecule has 0 aromatic heterocycles. The summed E-state index contributed by atoms with van der Waals surface area (Å²) in [4.78, 5) is 0.0757. The highest BCUT2D eigenvalue weighted by molar-refractivity contribution is 7.89. The van der Waals surface area contributed by atoms with Crippen molar-refractivity contribution in [3.05, 3.63) is 24.3 Å². The molecule has 0 aliphatic carbocycles. The van der Waals surface area contributed by atoms with Gasteiger partial charge in [0.15, 0.2) is 0 Å². The van der Waals surface area contributed by atoms with Crippen LogP contribution < -0.4 is 5.46 Å². The van der Waals surface area contributed by atoms with E-state index in [4.69, 9.17) is 10.0 Å². The maximum Gasteiger partial charge on any atom is 0.488 e. The average Bonchev–Trinajstić information content (AvgIpc) is 2.30. The number of hydrogen-bond donors (Lipinski definition) is 2. The summed E-state index contributed by atoms with van der Waals surface area (Å²) in [6.07, 6.45) is 0. The molecular weight excluding hydrogens is 241 g/mol. The summed E-state index contributed by atoms with van der Waals surface area (Å²) in [6.45, 7) is 4.27. The minimum Gasteiger partial charge on any atom is -0.423 e. The number of benzene rings is 1. The van der Waals surface area contributed by atoms with E-state index in [1.165, 1.54) is 28.6 Å². The molecule has 7 heteroatoms. The van der Waals surface area contributed by atoms with Gasteiger partial charge in [-0.2, -0.15) is 4.31 Å². The Hall–Kier alpha value is -0.885. The third-order valence-electron chi connectivity index (χ3n) is 2.50. The highest BCUT2D eigenvalue weighted by Crippen LogP contribution is 2.13. The van der Waals surface area contributed by atoms with Gasteiger partial charge in [-0.15, -0.1) is 0 Å². The molecule has 0 bridgehead atoms. The van der Waals surface area contributed by atoms with Crippen molar-refractivity contribution >= 4 is 22.6 Å². The van der Waals surface area contributed by atoms with Crippen molar-refractivity contribution in [3.63, 3.8) is 0 Å². The van der Waals surface area contributed by atoms with Gasteiger partial charge in [0.1, 0.15) is 0 Å². The number of hydrogen-bond acceptors (Lipinski definition) is 4. The summed E-state index contributed by atoms with van der Waals surface area (Å²) < 4.78 is 25.6. The van der Waals surface area contributed by atoms with Crippen LogP contribution in [0.2, 0.25) is 0 Å². The van der Waals surface area contributed by atoms with E-state index in [0.717, 1.165) is 0 Å². The monoisotopic (exact) mass is 257 g/mol. The first kappa shape index (κ1) is 14.2. The second kappa shape index (κ2) is 5.64. The fourth-order valence-corrected chi connectivity index (χ4v) is 3.06. The van der Waals surface area contributed by atoms with Crippen molar-refractivity contribution in [2.75, 3.05) is 13.1 Å². The molecule has 17 heavy (non-hydrogen) atoms. The molecule has 2 N–H and O–H groups in total. The lowest BCUT2D eigenvalue weighted by molar-refractivity contribution is 0.425. The molecule has 94 valence electrons. The third-order valence-corrected chi connectivity index (χ3v) is 4.55. The average molecular weight is 257 g/mol. The molecule has 0 unspecified atom stereocenters. The van der Waals surface area contributed by atoms with Crippen molar-refractivity contribution in [1.82, 2.24) is 4.31 Å². The summed E-state index contributed by atoms with van der Waals surface area (Å²) in [5.41, 5.74) is 0.165. The molecule has 0 fully saturated rings. The van der Waals surface area contributed by atoms with E-state index < -0.39 is 17.1 Å². The Bertz CT molecular complexity index is 471. The fraction of sp³-hybridized carbons (Fsp3) is 0.400. The standard InChI is InChI=1S/C10H16BNO4S/c1-3-12(4-2)17(15,16)10-7-5-6-9(8-10)11(13)14/h5-8,13-14H,3-4H2,1-2H3. The number of rotatable bonds is 5. The van der Waals surface area contributed by atoms with Gasteiger partial charge in [-0.3, -0.25) is 0 Å². The largest absolute Gasteiger partial charge is 0.488 e. The van der Waals surface area contributed by atoms with Gasteiger partial charge in [0.05, 0.1) is 4.90 Å². The Kier molecular flexibility index (Phi) is 4.70. The Labute approximate surface area is 102 Å². The lowest BCUT2D eigenvalue weighted by Crippen LogP contribution is -2.33.